The molecule has 1 aliphatic rings. The highest BCUT2D eigenvalue weighted by Gasteiger charge is 2.35. The van der Waals surface area contributed by atoms with Crippen LogP contribution in [0.4, 0.5) is 0 Å². The van der Waals surface area contributed by atoms with Crippen LogP contribution in [0.2, 0.25) is 0 Å². The molecule has 94 valence electrons. The highest BCUT2D eigenvalue weighted by Crippen LogP contribution is 2.32. The first-order valence-electron chi connectivity index (χ1n) is 6.41. The molecule has 1 aliphatic heterocycles. The van der Waals surface area contributed by atoms with E-state index in [1.807, 2.05) is 12.3 Å². The summed E-state index contributed by atoms with van der Waals surface area (Å²) in [4.78, 5) is 6.94. The molecule has 2 rings (SSSR count). The standard InChI is InChI=1S/C14H23N3/c1-11(12-6-4-5-8-16-12)17-9-7-13(15)14(2,3)10-17/h4-6,8,11,13H,7,9-10,15H2,1-3H3. The SMILES string of the molecule is CC(c1ccccn1)N1CCC(N)C(C)(C)C1. The van der Waals surface area contributed by atoms with Gasteiger partial charge in [0.2, 0.25) is 0 Å². The van der Waals surface area contributed by atoms with Crippen molar-refractivity contribution >= 4 is 0 Å². The molecule has 1 saturated heterocycles. The molecule has 0 radical (unpaired) electrons. The van der Waals surface area contributed by atoms with Gasteiger partial charge in [-0.3, -0.25) is 9.88 Å². The lowest BCUT2D eigenvalue weighted by atomic mass is 9.79. The van der Waals surface area contributed by atoms with Gasteiger partial charge in [0.1, 0.15) is 0 Å². The summed E-state index contributed by atoms with van der Waals surface area (Å²) in [6, 6.07) is 6.82. The van der Waals surface area contributed by atoms with Crippen molar-refractivity contribution in [2.75, 3.05) is 13.1 Å². The van der Waals surface area contributed by atoms with Gasteiger partial charge in [0.15, 0.2) is 0 Å². The van der Waals surface area contributed by atoms with Crippen LogP contribution in [0.5, 0.6) is 0 Å². The van der Waals surface area contributed by atoms with Crippen LogP contribution in [0.25, 0.3) is 0 Å². The molecule has 0 bridgehead atoms. The molecule has 3 heteroatoms. The van der Waals surface area contributed by atoms with Gasteiger partial charge in [0.05, 0.1) is 5.69 Å². The number of nitrogens with two attached hydrogens (primary N) is 1. The number of piperidine rings is 1. The quantitative estimate of drug-likeness (QED) is 0.851. The van der Waals surface area contributed by atoms with Gasteiger partial charge < -0.3 is 5.73 Å². The van der Waals surface area contributed by atoms with Crippen molar-refractivity contribution in [3.63, 3.8) is 0 Å². The van der Waals surface area contributed by atoms with Crippen LogP contribution < -0.4 is 5.73 Å². The molecule has 2 unspecified atom stereocenters. The van der Waals surface area contributed by atoms with E-state index in [1.165, 1.54) is 0 Å². The minimum absolute atomic E-state index is 0.196. The van der Waals surface area contributed by atoms with E-state index in [1.54, 1.807) is 0 Å². The molecule has 0 amide bonds. The Labute approximate surface area is 104 Å². The molecule has 1 fully saturated rings. The van der Waals surface area contributed by atoms with Crippen LogP contribution in [0.1, 0.15) is 38.9 Å². The summed E-state index contributed by atoms with van der Waals surface area (Å²) in [6.45, 7) is 8.87. The van der Waals surface area contributed by atoms with Crippen molar-refractivity contribution in [1.82, 2.24) is 9.88 Å². The van der Waals surface area contributed by atoms with Gasteiger partial charge in [-0.05, 0) is 30.9 Å². The van der Waals surface area contributed by atoms with E-state index in [2.05, 4.69) is 42.8 Å². The molecule has 2 heterocycles. The Kier molecular flexibility index (Phi) is 3.50. The number of nitrogens with zero attached hydrogens (tertiary/aromatic N) is 2. The van der Waals surface area contributed by atoms with Gasteiger partial charge in [-0.2, -0.15) is 0 Å². The zero-order valence-electron chi connectivity index (χ0n) is 11.1. The van der Waals surface area contributed by atoms with E-state index >= 15 is 0 Å². The second-order valence-electron chi connectivity index (χ2n) is 5.78. The lowest BCUT2D eigenvalue weighted by molar-refractivity contribution is 0.0651. The Morgan fingerprint density at radius 3 is 2.82 bits per heavy atom. The molecule has 0 aliphatic carbocycles. The monoisotopic (exact) mass is 233 g/mol. The van der Waals surface area contributed by atoms with Gasteiger partial charge >= 0.3 is 0 Å². The molecule has 1 aromatic rings. The van der Waals surface area contributed by atoms with Gasteiger partial charge in [0, 0.05) is 31.4 Å². The third kappa shape index (κ3) is 2.67. The first-order valence-corrected chi connectivity index (χ1v) is 6.41. The molecular formula is C14H23N3. The fourth-order valence-corrected chi connectivity index (χ4v) is 2.56. The van der Waals surface area contributed by atoms with E-state index in [0.29, 0.717) is 12.1 Å². The first-order chi connectivity index (χ1) is 8.00. The predicted octanol–water partition coefficient (Wildman–Crippen LogP) is 2.20. The predicted molar refractivity (Wildman–Crippen MR) is 70.6 cm³/mol. The summed E-state index contributed by atoms with van der Waals surface area (Å²) < 4.78 is 0. The molecular weight excluding hydrogens is 210 g/mol. The average molecular weight is 233 g/mol. The second kappa shape index (κ2) is 4.75. The molecule has 1 aromatic heterocycles. The van der Waals surface area contributed by atoms with E-state index in [-0.39, 0.29) is 5.41 Å². The Morgan fingerprint density at radius 2 is 2.24 bits per heavy atom. The third-order valence-electron chi connectivity index (χ3n) is 4.01. The van der Waals surface area contributed by atoms with Crippen LogP contribution in [0.15, 0.2) is 24.4 Å². The number of hydrogen-bond donors (Lipinski definition) is 1. The van der Waals surface area contributed by atoms with E-state index in [0.717, 1.165) is 25.2 Å². The Bertz CT molecular complexity index is 361. The number of rotatable bonds is 2. The fraction of sp³-hybridized carbons (Fsp3) is 0.643. The van der Waals surface area contributed by atoms with Crippen molar-refractivity contribution < 1.29 is 0 Å². The molecule has 0 saturated carbocycles. The highest BCUT2D eigenvalue weighted by atomic mass is 15.2. The van der Waals surface area contributed by atoms with Crippen molar-refractivity contribution in [3.8, 4) is 0 Å². The van der Waals surface area contributed by atoms with E-state index in [9.17, 15) is 0 Å². The average Bonchev–Trinajstić information content (AvgIpc) is 2.33. The Balaban J connectivity index is 2.09. The fourth-order valence-electron chi connectivity index (χ4n) is 2.56. The van der Waals surface area contributed by atoms with Crippen molar-refractivity contribution in [1.29, 1.82) is 0 Å². The zero-order valence-corrected chi connectivity index (χ0v) is 11.1. The second-order valence-corrected chi connectivity index (χ2v) is 5.78. The van der Waals surface area contributed by atoms with Crippen LogP contribution in [-0.4, -0.2) is 29.0 Å². The summed E-state index contributed by atoms with van der Waals surface area (Å²) in [5, 5.41) is 0. The number of aromatic nitrogens is 1. The molecule has 3 nitrogen and oxygen atoms in total. The van der Waals surface area contributed by atoms with Crippen LogP contribution >= 0.6 is 0 Å². The summed E-state index contributed by atoms with van der Waals surface area (Å²) in [7, 11) is 0. The number of pyridine rings is 1. The lowest BCUT2D eigenvalue weighted by Gasteiger charge is -2.44. The minimum atomic E-state index is 0.196. The highest BCUT2D eigenvalue weighted by molar-refractivity contribution is 5.09. The summed E-state index contributed by atoms with van der Waals surface area (Å²) in [5.41, 5.74) is 7.52. The van der Waals surface area contributed by atoms with E-state index in [4.69, 9.17) is 5.73 Å². The van der Waals surface area contributed by atoms with Gasteiger partial charge in [0.25, 0.3) is 0 Å². The Morgan fingerprint density at radius 1 is 1.47 bits per heavy atom. The Hall–Kier alpha value is -0.930. The maximum Gasteiger partial charge on any atom is 0.0572 e. The van der Waals surface area contributed by atoms with Crippen LogP contribution in [0.3, 0.4) is 0 Å². The minimum Gasteiger partial charge on any atom is -0.327 e. The van der Waals surface area contributed by atoms with Crippen molar-refractivity contribution in [2.24, 2.45) is 11.1 Å². The van der Waals surface area contributed by atoms with Crippen molar-refractivity contribution in [3.05, 3.63) is 30.1 Å². The summed E-state index contributed by atoms with van der Waals surface area (Å²) >= 11 is 0. The molecule has 0 spiro atoms. The third-order valence-corrected chi connectivity index (χ3v) is 4.01. The molecule has 2 atom stereocenters. The normalized spacial score (nSPS) is 26.7. The number of likely N-dealkylation sites (tertiary alicyclic amines) is 1. The number of hydrogen-bond acceptors (Lipinski definition) is 3. The molecule has 2 N–H and O–H groups in total. The largest absolute Gasteiger partial charge is 0.327 e. The van der Waals surface area contributed by atoms with Gasteiger partial charge in [-0.1, -0.05) is 19.9 Å². The van der Waals surface area contributed by atoms with Crippen molar-refractivity contribution in [2.45, 2.75) is 39.3 Å². The first kappa shape index (κ1) is 12.5. The van der Waals surface area contributed by atoms with Crippen LogP contribution in [0, 0.1) is 5.41 Å². The lowest BCUT2D eigenvalue weighted by Crippen LogP contribution is -2.52. The van der Waals surface area contributed by atoms with E-state index < -0.39 is 0 Å². The molecule has 17 heavy (non-hydrogen) atoms. The summed E-state index contributed by atoms with van der Waals surface area (Å²) in [5.74, 6) is 0. The topological polar surface area (TPSA) is 42.2 Å². The maximum absolute atomic E-state index is 6.17. The zero-order chi connectivity index (χ0) is 12.5. The van der Waals surface area contributed by atoms with Gasteiger partial charge in [-0.15, -0.1) is 0 Å². The maximum atomic E-state index is 6.17. The summed E-state index contributed by atoms with van der Waals surface area (Å²) in [6.07, 6.45) is 2.94. The smallest absolute Gasteiger partial charge is 0.0572 e. The van der Waals surface area contributed by atoms with Gasteiger partial charge in [-0.25, -0.2) is 0 Å². The van der Waals surface area contributed by atoms with Crippen LogP contribution in [-0.2, 0) is 0 Å². The molecule has 0 aromatic carbocycles.